The molecular weight excluding hydrogens is 335 g/mol. The summed E-state index contributed by atoms with van der Waals surface area (Å²) in [6.45, 7) is 2.09. The van der Waals surface area contributed by atoms with Crippen molar-refractivity contribution < 1.29 is 4.74 Å². The summed E-state index contributed by atoms with van der Waals surface area (Å²) in [5.41, 5.74) is 2.24. The summed E-state index contributed by atoms with van der Waals surface area (Å²) in [5, 5.41) is 4.23. The molecule has 0 saturated heterocycles. The first-order valence-electron chi connectivity index (χ1n) is 4.82. The summed E-state index contributed by atoms with van der Waals surface area (Å²) in [4.78, 5) is 4.53. The Bertz CT molecular complexity index is 409. The van der Waals surface area contributed by atoms with Crippen molar-refractivity contribution in [3.8, 4) is 5.75 Å². The second-order valence-electron chi connectivity index (χ2n) is 3.36. The van der Waals surface area contributed by atoms with Crippen LogP contribution in [0.4, 0.5) is 5.69 Å². The van der Waals surface area contributed by atoms with Crippen LogP contribution in [0.15, 0.2) is 23.2 Å². The largest absolute Gasteiger partial charge is 0.495 e. The number of nitrogens with zero attached hydrogens (tertiary/aromatic N) is 1. The molecule has 5 heteroatoms. The number of aliphatic imine (C=N–C) groups is 1. The molecule has 1 heterocycles. The zero-order valence-electron chi connectivity index (χ0n) is 9.48. The molecule has 1 aromatic rings. The van der Waals surface area contributed by atoms with Gasteiger partial charge < -0.3 is 10.1 Å². The number of ether oxygens (including phenoxy) is 1. The standard InChI is InChI=1S/C11H14N2OS.HI/c1-7-8-5-4-6-9(14-2)10(8)13-11(12-7)15-3;/h4-7H,1-3H3,(H,12,13);1H. The summed E-state index contributed by atoms with van der Waals surface area (Å²) in [6.07, 6.45) is 2.01. The van der Waals surface area contributed by atoms with E-state index in [1.807, 2.05) is 18.4 Å². The van der Waals surface area contributed by atoms with Crippen molar-refractivity contribution in [1.29, 1.82) is 0 Å². The third kappa shape index (κ3) is 2.45. The monoisotopic (exact) mass is 350 g/mol. The maximum atomic E-state index is 5.33. The lowest BCUT2D eigenvalue weighted by molar-refractivity contribution is 0.416. The lowest BCUT2D eigenvalue weighted by Crippen LogP contribution is -2.17. The number of rotatable bonds is 1. The van der Waals surface area contributed by atoms with Crippen molar-refractivity contribution in [2.75, 3.05) is 18.7 Å². The third-order valence-corrected chi connectivity index (χ3v) is 3.06. The zero-order valence-corrected chi connectivity index (χ0v) is 12.6. The van der Waals surface area contributed by atoms with Gasteiger partial charge in [0.15, 0.2) is 5.17 Å². The van der Waals surface area contributed by atoms with Gasteiger partial charge in [0.2, 0.25) is 0 Å². The van der Waals surface area contributed by atoms with E-state index < -0.39 is 0 Å². The van der Waals surface area contributed by atoms with E-state index in [0.717, 1.165) is 16.6 Å². The number of thioether (sulfide) groups is 1. The Labute approximate surface area is 117 Å². The number of amidine groups is 1. The van der Waals surface area contributed by atoms with Gasteiger partial charge in [0.25, 0.3) is 0 Å². The van der Waals surface area contributed by atoms with Crippen molar-refractivity contribution in [2.24, 2.45) is 4.99 Å². The maximum Gasteiger partial charge on any atom is 0.161 e. The van der Waals surface area contributed by atoms with Crippen LogP contribution in [0.2, 0.25) is 0 Å². The zero-order chi connectivity index (χ0) is 10.8. The SMILES string of the molecule is COc1cccc2c1NC(SC)=NC2C.I. The summed E-state index contributed by atoms with van der Waals surface area (Å²) in [6, 6.07) is 6.23. The van der Waals surface area contributed by atoms with Gasteiger partial charge in [-0.15, -0.1) is 24.0 Å². The van der Waals surface area contributed by atoms with Gasteiger partial charge in [-0.1, -0.05) is 23.9 Å². The van der Waals surface area contributed by atoms with Crippen LogP contribution < -0.4 is 10.1 Å². The van der Waals surface area contributed by atoms with Crippen molar-refractivity contribution >= 4 is 46.6 Å². The first kappa shape index (κ1) is 13.6. The highest BCUT2D eigenvalue weighted by atomic mass is 127. The van der Waals surface area contributed by atoms with Gasteiger partial charge in [0.1, 0.15) is 5.75 Å². The minimum atomic E-state index is 0. The average molecular weight is 350 g/mol. The van der Waals surface area contributed by atoms with Gasteiger partial charge in [-0.2, -0.15) is 0 Å². The number of para-hydroxylation sites is 1. The van der Waals surface area contributed by atoms with Crippen LogP contribution in [0.3, 0.4) is 0 Å². The smallest absolute Gasteiger partial charge is 0.161 e. The minimum Gasteiger partial charge on any atom is -0.495 e. The van der Waals surface area contributed by atoms with Gasteiger partial charge >= 0.3 is 0 Å². The van der Waals surface area contributed by atoms with E-state index in [2.05, 4.69) is 23.3 Å². The maximum absolute atomic E-state index is 5.33. The van der Waals surface area contributed by atoms with Gasteiger partial charge in [0.05, 0.1) is 18.8 Å². The Morgan fingerprint density at radius 2 is 2.19 bits per heavy atom. The topological polar surface area (TPSA) is 33.6 Å². The van der Waals surface area contributed by atoms with E-state index in [4.69, 9.17) is 4.74 Å². The van der Waals surface area contributed by atoms with Crippen LogP contribution in [0.5, 0.6) is 5.75 Å². The molecule has 1 aliphatic heterocycles. The Morgan fingerprint density at radius 1 is 1.44 bits per heavy atom. The van der Waals surface area contributed by atoms with Crippen molar-refractivity contribution in [1.82, 2.24) is 0 Å². The normalized spacial score (nSPS) is 17.7. The number of methoxy groups -OCH3 is 1. The fraction of sp³-hybridized carbons (Fsp3) is 0.364. The minimum absolute atomic E-state index is 0. The summed E-state index contributed by atoms with van der Waals surface area (Å²) in [7, 11) is 1.69. The predicted octanol–water partition coefficient (Wildman–Crippen LogP) is 3.52. The highest BCUT2D eigenvalue weighted by Crippen LogP contribution is 2.37. The number of hydrogen-bond donors (Lipinski definition) is 1. The Morgan fingerprint density at radius 3 is 2.81 bits per heavy atom. The first-order valence-corrected chi connectivity index (χ1v) is 6.04. The van der Waals surface area contributed by atoms with Crippen LogP contribution in [0, 0.1) is 0 Å². The molecule has 0 saturated carbocycles. The van der Waals surface area contributed by atoms with E-state index in [1.54, 1.807) is 18.9 Å². The molecule has 1 aliphatic rings. The Balaban J connectivity index is 0.00000128. The fourth-order valence-corrected chi connectivity index (χ4v) is 2.16. The van der Waals surface area contributed by atoms with E-state index in [9.17, 15) is 0 Å². The molecule has 0 amide bonds. The van der Waals surface area contributed by atoms with Gasteiger partial charge in [0, 0.05) is 5.56 Å². The van der Waals surface area contributed by atoms with E-state index >= 15 is 0 Å². The first-order chi connectivity index (χ1) is 7.26. The van der Waals surface area contributed by atoms with Crippen molar-refractivity contribution in [2.45, 2.75) is 13.0 Å². The van der Waals surface area contributed by atoms with Crippen LogP contribution in [-0.4, -0.2) is 18.5 Å². The summed E-state index contributed by atoms with van der Waals surface area (Å²) in [5.74, 6) is 0.876. The molecule has 0 radical (unpaired) electrons. The summed E-state index contributed by atoms with van der Waals surface area (Å²) < 4.78 is 5.33. The second-order valence-corrected chi connectivity index (χ2v) is 4.16. The van der Waals surface area contributed by atoms with E-state index in [1.165, 1.54) is 5.56 Å². The molecule has 0 aromatic heterocycles. The lowest BCUT2D eigenvalue weighted by Gasteiger charge is -2.23. The van der Waals surface area contributed by atoms with Crippen molar-refractivity contribution in [3.63, 3.8) is 0 Å². The number of fused-ring (bicyclic) bond motifs is 1. The van der Waals surface area contributed by atoms with Crippen LogP contribution >= 0.6 is 35.7 Å². The molecule has 1 unspecified atom stereocenters. The summed E-state index contributed by atoms with van der Waals surface area (Å²) >= 11 is 1.62. The molecule has 0 fully saturated rings. The number of halogens is 1. The highest BCUT2D eigenvalue weighted by Gasteiger charge is 2.20. The predicted molar refractivity (Wildman–Crippen MR) is 81.4 cm³/mol. The molecule has 88 valence electrons. The van der Waals surface area contributed by atoms with Gasteiger partial charge in [-0.3, -0.25) is 4.99 Å². The number of nitrogens with one attached hydrogen (secondary N) is 1. The Hall–Kier alpha value is -0.430. The molecule has 1 aromatic carbocycles. The van der Waals surface area contributed by atoms with Crippen LogP contribution in [0.25, 0.3) is 0 Å². The quantitative estimate of drug-likeness (QED) is 0.787. The number of anilines is 1. The van der Waals surface area contributed by atoms with Gasteiger partial charge in [-0.25, -0.2) is 0 Å². The fourth-order valence-electron chi connectivity index (χ4n) is 1.69. The Kier molecular flexibility index (Phi) is 4.91. The van der Waals surface area contributed by atoms with E-state index in [-0.39, 0.29) is 30.0 Å². The molecule has 2 rings (SSSR count). The van der Waals surface area contributed by atoms with Gasteiger partial charge in [-0.05, 0) is 19.2 Å². The van der Waals surface area contributed by atoms with Crippen LogP contribution in [0.1, 0.15) is 18.5 Å². The molecule has 0 bridgehead atoms. The van der Waals surface area contributed by atoms with E-state index in [0.29, 0.717) is 0 Å². The molecule has 1 atom stereocenters. The van der Waals surface area contributed by atoms with Crippen LogP contribution in [-0.2, 0) is 0 Å². The molecule has 0 aliphatic carbocycles. The molecule has 16 heavy (non-hydrogen) atoms. The van der Waals surface area contributed by atoms with Crippen molar-refractivity contribution in [3.05, 3.63) is 23.8 Å². The highest BCUT2D eigenvalue weighted by molar-refractivity contribution is 14.0. The third-order valence-electron chi connectivity index (χ3n) is 2.46. The lowest BCUT2D eigenvalue weighted by atomic mass is 10.0. The average Bonchev–Trinajstić information content (AvgIpc) is 2.28. The number of benzene rings is 1. The molecule has 1 N–H and O–H groups in total. The molecule has 3 nitrogen and oxygen atoms in total. The molecule has 0 spiro atoms. The molecular formula is C11H15IN2OS. The number of hydrogen-bond acceptors (Lipinski definition) is 4. The second kappa shape index (κ2) is 5.77.